The largest absolute Gasteiger partial charge is 0.239 e. The minimum atomic E-state index is 0.598. The molecule has 0 aliphatic rings. The number of allylic oxidation sites excluding steroid dienone is 1. The first-order valence-corrected chi connectivity index (χ1v) is 3.10. The molecule has 0 radical (unpaired) electrons. The summed E-state index contributed by atoms with van der Waals surface area (Å²) in [5, 5.41) is 0.598. The van der Waals surface area contributed by atoms with Gasteiger partial charge in [-0.25, -0.2) is 4.79 Å². The molecule has 0 N–H and O–H groups in total. The van der Waals surface area contributed by atoms with Crippen molar-refractivity contribution in [2.24, 2.45) is 4.99 Å². The lowest BCUT2D eigenvalue weighted by atomic mass is 10.3. The van der Waals surface area contributed by atoms with E-state index in [1.807, 2.05) is 6.92 Å². The van der Waals surface area contributed by atoms with Crippen LogP contribution in [-0.4, -0.2) is 6.08 Å². The molecule has 0 aliphatic carbocycles. The summed E-state index contributed by atoms with van der Waals surface area (Å²) >= 11 is 5.55. The summed E-state index contributed by atoms with van der Waals surface area (Å²) in [7, 11) is 0. The van der Waals surface area contributed by atoms with E-state index < -0.39 is 0 Å². The molecule has 0 amide bonds. The number of aliphatic imine (C=N–C) groups is 1. The van der Waals surface area contributed by atoms with E-state index in [2.05, 4.69) is 4.99 Å². The summed E-state index contributed by atoms with van der Waals surface area (Å²) < 4.78 is 0. The van der Waals surface area contributed by atoms with Gasteiger partial charge in [0.2, 0.25) is 6.08 Å². The minimum Gasteiger partial charge on any atom is -0.211 e. The second-order valence-corrected chi connectivity index (χ2v) is 2.03. The van der Waals surface area contributed by atoms with E-state index in [0.29, 0.717) is 5.03 Å². The normalized spacial score (nSPS) is 10.7. The fraction of sp³-hybridized carbons (Fsp3) is 0.500. The zero-order valence-electron chi connectivity index (χ0n) is 5.22. The van der Waals surface area contributed by atoms with Crippen LogP contribution >= 0.6 is 11.6 Å². The van der Waals surface area contributed by atoms with Gasteiger partial charge >= 0.3 is 0 Å². The lowest BCUT2D eigenvalue weighted by Gasteiger charge is -1.87. The number of halogens is 1. The number of hydrogen-bond acceptors (Lipinski definition) is 2. The molecule has 0 aromatic carbocycles. The number of hydrogen-bond donors (Lipinski definition) is 0. The molecule has 0 rings (SSSR count). The van der Waals surface area contributed by atoms with Crippen LogP contribution in [0, 0.1) is 0 Å². The fourth-order valence-electron chi connectivity index (χ4n) is 0.400. The van der Waals surface area contributed by atoms with Gasteiger partial charge in [0, 0.05) is 5.03 Å². The van der Waals surface area contributed by atoms with E-state index in [9.17, 15) is 4.79 Å². The van der Waals surface area contributed by atoms with E-state index in [-0.39, 0.29) is 0 Å². The summed E-state index contributed by atoms with van der Waals surface area (Å²) in [6.45, 7) is 2.00. The lowest BCUT2D eigenvalue weighted by Crippen LogP contribution is -1.68. The third-order valence-corrected chi connectivity index (χ3v) is 1.03. The molecule has 0 aliphatic heterocycles. The molecule has 0 saturated heterocycles. The zero-order valence-corrected chi connectivity index (χ0v) is 5.98. The Hall–Kier alpha value is -0.590. The van der Waals surface area contributed by atoms with Crippen LogP contribution in [0.5, 0.6) is 0 Å². The summed E-state index contributed by atoms with van der Waals surface area (Å²) in [4.78, 5) is 12.7. The maximum Gasteiger partial charge on any atom is 0.239 e. The Morgan fingerprint density at radius 3 is 3.00 bits per heavy atom. The average Bonchev–Trinajstić information content (AvgIpc) is 1.85. The monoisotopic (exact) mass is 145 g/mol. The highest BCUT2D eigenvalue weighted by atomic mass is 35.5. The second kappa shape index (κ2) is 5.54. The molecule has 0 aromatic rings. The van der Waals surface area contributed by atoms with Gasteiger partial charge in [-0.1, -0.05) is 24.9 Å². The van der Waals surface area contributed by atoms with Crippen LogP contribution in [0.2, 0.25) is 0 Å². The predicted octanol–water partition coefficient (Wildman–Crippen LogP) is 2.20. The molecule has 50 valence electrons. The second-order valence-electron chi connectivity index (χ2n) is 1.55. The van der Waals surface area contributed by atoms with Crippen molar-refractivity contribution in [3.63, 3.8) is 0 Å². The van der Waals surface area contributed by atoms with Crippen LogP contribution in [0.1, 0.15) is 19.8 Å². The third-order valence-electron chi connectivity index (χ3n) is 0.746. The SMILES string of the molecule is CCCC(Cl)=CN=C=O. The first-order valence-electron chi connectivity index (χ1n) is 2.72. The molecule has 0 heterocycles. The maximum atomic E-state index is 9.52. The van der Waals surface area contributed by atoms with Gasteiger partial charge in [0.25, 0.3) is 0 Å². The summed E-state index contributed by atoms with van der Waals surface area (Å²) in [6, 6.07) is 0. The number of isocyanates is 1. The molecule has 0 unspecified atom stereocenters. The first-order chi connectivity index (χ1) is 4.31. The highest BCUT2D eigenvalue weighted by molar-refractivity contribution is 6.29. The van der Waals surface area contributed by atoms with Crippen LogP contribution < -0.4 is 0 Å². The molecule has 0 spiro atoms. The van der Waals surface area contributed by atoms with Crippen molar-refractivity contribution in [2.45, 2.75) is 19.8 Å². The quantitative estimate of drug-likeness (QED) is 0.442. The predicted molar refractivity (Wildman–Crippen MR) is 37.0 cm³/mol. The van der Waals surface area contributed by atoms with Crippen LogP contribution in [0.15, 0.2) is 16.2 Å². The highest BCUT2D eigenvalue weighted by Gasteiger charge is 1.85. The van der Waals surface area contributed by atoms with Crippen molar-refractivity contribution in [1.82, 2.24) is 0 Å². The Bertz CT molecular complexity index is 147. The number of carbonyl (C=O) groups excluding carboxylic acids is 1. The molecular formula is C6H8ClNO. The Kier molecular flexibility index (Phi) is 5.18. The van der Waals surface area contributed by atoms with Crippen molar-refractivity contribution in [3.05, 3.63) is 11.2 Å². The molecular weight excluding hydrogens is 138 g/mol. The molecule has 0 saturated carbocycles. The van der Waals surface area contributed by atoms with Crippen molar-refractivity contribution in [1.29, 1.82) is 0 Å². The van der Waals surface area contributed by atoms with Crippen molar-refractivity contribution >= 4 is 17.7 Å². The van der Waals surface area contributed by atoms with Crippen LogP contribution in [0.25, 0.3) is 0 Å². The van der Waals surface area contributed by atoms with E-state index in [0.717, 1.165) is 12.8 Å². The Balaban J connectivity index is 3.68. The van der Waals surface area contributed by atoms with E-state index in [4.69, 9.17) is 11.6 Å². The Morgan fingerprint density at radius 2 is 2.56 bits per heavy atom. The summed E-state index contributed by atoms with van der Waals surface area (Å²) in [5.41, 5.74) is 0. The number of rotatable bonds is 3. The summed E-state index contributed by atoms with van der Waals surface area (Å²) in [5.74, 6) is 0. The van der Waals surface area contributed by atoms with Gasteiger partial charge in [-0.2, -0.15) is 4.99 Å². The van der Waals surface area contributed by atoms with Crippen molar-refractivity contribution in [3.8, 4) is 0 Å². The van der Waals surface area contributed by atoms with E-state index >= 15 is 0 Å². The minimum absolute atomic E-state index is 0.598. The molecule has 2 nitrogen and oxygen atoms in total. The van der Waals surface area contributed by atoms with Crippen LogP contribution in [-0.2, 0) is 4.79 Å². The number of nitrogens with zero attached hydrogens (tertiary/aromatic N) is 1. The molecule has 0 aromatic heterocycles. The van der Waals surface area contributed by atoms with E-state index in [1.165, 1.54) is 12.3 Å². The topological polar surface area (TPSA) is 29.4 Å². The lowest BCUT2D eigenvalue weighted by molar-refractivity contribution is 0.565. The molecule has 0 fully saturated rings. The molecule has 0 atom stereocenters. The molecule has 9 heavy (non-hydrogen) atoms. The highest BCUT2D eigenvalue weighted by Crippen LogP contribution is 2.08. The fourth-order valence-corrected chi connectivity index (χ4v) is 0.638. The average molecular weight is 146 g/mol. The van der Waals surface area contributed by atoms with Crippen molar-refractivity contribution < 1.29 is 4.79 Å². The van der Waals surface area contributed by atoms with Gasteiger partial charge < -0.3 is 0 Å². The van der Waals surface area contributed by atoms with Gasteiger partial charge in [-0.05, 0) is 6.42 Å². The Morgan fingerprint density at radius 1 is 1.89 bits per heavy atom. The van der Waals surface area contributed by atoms with Gasteiger partial charge in [0.15, 0.2) is 0 Å². The smallest absolute Gasteiger partial charge is 0.211 e. The first kappa shape index (κ1) is 8.41. The molecule has 3 heteroatoms. The van der Waals surface area contributed by atoms with Gasteiger partial charge in [0.05, 0.1) is 6.20 Å². The van der Waals surface area contributed by atoms with Crippen LogP contribution in [0.3, 0.4) is 0 Å². The summed E-state index contributed by atoms with van der Waals surface area (Å²) in [6.07, 6.45) is 4.42. The maximum absolute atomic E-state index is 9.52. The molecule has 0 bridgehead atoms. The van der Waals surface area contributed by atoms with Gasteiger partial charge in [0.1, 0.15) is 0 Å². The van der Waals surface area contributed by atoms with E-state index in [1.54, 1.807) is 0 Å². The van der Waals surface area contributed by atoms with Gasteiger partial charge in [-0.3, -0.25) is 0 Å². The van der Waals surface area contributed by atoms with Crippen LogP contribution in [0.4, 0.5) is 0 Å². The zero-order chi connectivity index (χ0) is 7.11. The Labute approximate surface area is 59.2 Å². The van der Waals surface area contributed by atoms with Gasteiger partial charge in [-0.15, -0.1) is 0 Å². The van der Waals surface area contributed by atoms with Crippen molar-refractivity contribution in [2.75, 3.05) is 0 Å². The standard InChI is InChI=1S/C6H8ClNO/c1-2-3-6(7)4-8-5-9/h4H,2-3H2,1H3. The third kappa shape index (κ3) is 5.28.